The van der Waals surface area contributed by atoms with E-state index in [2.05, 4.69) is 65.6 Å². The molecule has 2 aromatic heterocycles. The maximum atomic E-state index is 5.01. The highest BCUT2D eigenvalue weighted by Gasteiger charge is 2.23. The summed E-state index contributed by atoms with van der Waals surface area (Å²) in [5.41, 5.74) is 6.06. The van der Waals surface area contributed by atoms with Crippen LogP contribution in [0.1, 0.15) is 35.6 Å². The summed E-state index contributed by atoms with van der Waals surface area (Å²) in [5.74, 6) is 0.505. The van der Waals surface area contributed by atoms with Crippen LogP contribution in [0.2, 0.25) is 0 Å². The summed E-state index contributed by atoms with van der Waals surface area (Å²) in [6.45, 7) is 5.33. The third-order valence-corrected chi connectivity index (χ3v) is 5.17. The molecule has 0 N–H and O–H groups in total. The number of piperidine rings is 1. The number of likely N-dealkylation sites (tertiary alicyclic amines) is 1. The maximum Gasteiger partial charge on any atom is 0.0705 e. The molecule has 3 aromatic rings. The molecule has 1 aliphatic heterocycles. The molecule has 1 fully saturated rings. The molecule has 0 aliphatic carbocycles. The van der Waals surface area contributed by atoms with Gasteiger partial charge in [-0.25, -0.2) is 0 Å². The van der Waals surface area contributed by atoms with Gasteiger partial charge in [-0.05, 0) is 44.5 Å². The Kier molecular flexibility index (Phi) is 4.85. The highest BCUT2D eigenvalue weighted by atomic mass is 15.2. The van der Waals surface area contributed by atoms with Crippen LogP contribution in [0.5, 0.6) is 0 Å². The molecule has 1 aliphatic rings. The summed E-state index contributed by atoms with van der Waals surface area (Å²) in [4.78, 5) is 7.54. The number of benzene rings is 1. The molecule has 4 nitrogen and oxygen atoms in total. The van der Waals surface area contributed by atoms with E-state index >= 15 is 0 Å². The van der Waals surface area contributed by atoms with Crippen LogP contribution < -0.4 is 0 Å². The van der Waals surface area contributed by atoms with Crippen molar-refractivity contribution < 1.29 is 0 Å². The van der Waals surface area contributed by atoms with Gasteiger partial charge < -0.3 is 0 Å². The van der Waals surface area contributed by atoms with Crippen molar-refractivity contribution in [1.82, 2.24) is 19.7 Å². The lowest BCUT2D eigenvalue weighted by molar-refractivity contribution is 0.198. The molecule has 1 atom stereocenters. The van der Waals surface area contributed by atoms with E-state index in [9.17, 15) is 0 Å². The van der Waals surface area contributed by atoms with Crippen LogP contribution in [0.25, 0.3) is 11.3 Å². The lowest BCUT2D eigenvalue weighted by atomic mass is 9.93. The summed E-state index contributed by atoms with van der Waals surface area (Å²) in [5, 5.41) is 4.29. The summed E-state index contributed by atoms with van der Waals surface area (Å²) >= 11 is 0. The van der Waals surface area contributed by atoms with E-state index < -0.39 is 0 Å². The molecule has 0 amide bonds. The van der Waals surface area contributed by atoms with E-state index in [1.165, 1.54) is 35.2 Å². The molecule has 3 heterocycles. The van der Waals surface area contributed by atoms with Crippen molar-refractivity contribution in [2.75, 3.05) is 13.1 Å². The van der Waals surface area contributed by atoms with Crippen LogP contribution in [0.3, 0.4) is 0 Å². The molecule has 4 rings (SSSR count). The first-order chi connectivity index (χ1) is 12.7. The number of aromatic nitrogens is 3. The average molecular weight is 346 g/mol. The van der Waals surface area contributed by atoms with Crippen LogP contribution in [0.15, 0.2) is 54.9 Å². The number of hydrogen-bond donors (Lipinski definition) is 0. The molecule has 0 unspecified atom stereocenters. The minimum absolute atomic E-state index is 0.505. The maximum absolute atomic E-state index is 5.01. The zero-order chi connectivity index (χ0) is 17.9. The molecule has 1 saturated heterocycles. The Bertz CT molecular complexity index is 883. The number of pyridine rings is 1. The van der Waals surface area contributed by atoms with Gasteiger partial charge >= 0.3 is 0 Å². The van der Waals surface area contributed by atoms with E-state index in [1.54, 1.807) is 0 Å². The predicted molar refractivity (Wildman–Crippen MR) is 105 cm³/mol. The van der Waals surface area contributed by atoms with E-state index in [-0.39, 0.29) is 0 Å². The molecule has 0 radical (unpaired) electrons. The first-order valence-corrected chi connectivity index (χ1v) is 9.41. The molecule has 0 spiro atoms. The monoisotopic (exact) mass is 346 g/mol. The second-order valence-electron chi connectivity index (χ2n) is 7.41. The minimum atomic E-state index is 0.505. The zero-order valence-corrected chi connectivity index (χ0v) is 15.6. The van der Waals surface area contributed by atoms with Gasteiger partial charge in [-0.15, -0.1) is 0 Å². The fourth-order valence-corrected chi connectivity index (χ4v) is 3.90. The van der Waals surface area contributed by atoms with Crippen molar-refractivity contribution in [2.45, 2.75) is 32.2 Å². The van der Waals surface area contributed by atoms with Crippen molar-refractivity contribution in [1.29, 1.82) is 0 Å². The molecule has 4 heteroatoms. The first-order valence-electron chi connectivity index (χ1n) is 9.41. The van der Waals surface area contributed by atoms with Crippen LogP contribution in [-0.2, 0) is 13.6 Å². The Balaban J connectivity index is 1.50. The Labute approximate surface area is 155 Å². The summed E-state index contributed by atoms with van der Waals surface area (Å²) in [6.07, 6.45) is 6.52. The lowest BCUT2D eigenvalue weighted by Crippen LogP contribution is -2.34. The summed E-state index contributed by atoms with van der Waals surface area (Å²) in [6, 6.07) is 15.1. The molecule has 0 saturated carbocycles. The summed E-state index contributed by atoms with van der Waals surface area (Å²) < 4.78 is 1.88. The SMILES string of the molecule is Cc1cccc(-c2cccc([C@@H]3CCCN(Cc4cnn(C)c4)C3)n2)c1. The first kappa shape index (κ1) is 17.0. The van der Waals surface area contributed by atoms with Crippen molar-refractivity contribution in [3.63, 3.8) is 0 Å². The van der Waals surface area contributed by atoms with Crippen LogP contribution in [-0.4, -0.2) is 32.8 Å². The third kappa shape index (κ3) is 3.86. The molecule has 134 valence electrons. The van der Waals surface area contributed by atoms with E-state index in [4.69, 9.17) is 4.98 Å². The Morgan fingerprint density at radius 3 is 2.85 bits per heavy atom. The summed E-state index contributed by atoms with van der Waals surface area (Å²) in [7, 11) is 1.98. The van der Waals surface area contributed by atoms with Crippen molar-refractivity contribution in [3.05, 3.63) is 71.7 Å². The van der Waals surface area contributed by atoms with Crippen molar-refractivity contribution >= 4 is 0 Å². The quantitative estimate of drug-likeness (QED) is 0.711. The second kappa shape index (κ2) is 7.42. The number of rotatable bonds is 4. The number of nitrogens with zero attached hydrogens (tertiary/aromatic N) is 4. The number of hydrogen-bond acceptors (Lipinski definition) is 3. The van der Waals surface area contributed by atoms with Gasteiger partial charge in [-0.3, -0.25) is 14.6 Å². The molecule has 1 aromatic carbocycles. The largest absolute Gasteiger partial charge is 0.298 e. The van der Waals surface area contributed by atoms with Crippen LogP contribution >= 0.6 is 0 Å². The van der Waals surface area contributed by atoms with E-state index in [0.717, 1.165) is 25.3 Å². The Hall–Kier alpha value is -2.46. The van der Waals surface area contributed by atoms with Crippen molar-refractivity contribution in [2.24, 2.45) is 7.05 Å². The molecular formula is C22H26N4. The van der Waals surface area contributed by atoms with Gasteiger partial charge in [-0.2, -0.15) is 5.10 Å². The third-order valence-electron chi connectivity index (χ3n) is 5.17. The topological polar surface area (TPSA) is 34.0 Å². The zero-order valence-electron chi connectivity index (χ0n) is 15.6. The normalized spacial score (nSPS) is 18.2. The van der Waals surface area contributed by atoms with Gasteiger partial charge in [0.25, 0.3) is 0 Å². The second-order valence-corrected chi connectivity index (χ2v) is 7.41. The Morgan fingerprint density at radius 2 is 2.04 bits per heavy atom. The van der Waals surface area contributed by atoms with Gasteiger partial charge in [0, 0.05) is 49.1 Å². The predicted octanol–water partition coefficient (Wildman–Crippen LogP) is 4.17. The average Bonchev–Trinajstić information content (AvgIpc) is 3.07. The highest BCUT2D eigenvalue weighted by Crippen LogP contribution is 2.28. The van der Waals surface area contributed by atoms with Crippen LogP contribution in [0, 0.1) is 6.92 Å². The van der Waals surface area contributed by atoms with Crippen LogP contribution in [0.4, 0.5) is 0 Å². The minimum Gasteiger partial charge on any atom is -0.298 e. The Morgan fingerprint density at radius 1 is 1.15 bits per heavy atom. The highest BCUT2D eigenvalue weighted by molar-refractivity contribution is 5.60. The lowest BCUT2D eigenvalue weighted by Gasteiger charge is -2.32. The smallest absolute Gasteiger partial charge is 0.0705 e. The number of aryl methyl sites for hydroxylation is 2. The fraction of sp³-hybridized carbons (Fsp3) is 0.364. The van der Waals surface area contributed by atoms with Gasteiger partial charge in [0.2, 0.25) is 0 Å². The van der Waals surface area contributed by atoms with Gasteiger partial charge in [0.05, 0.1) is 11.9 Å². The van der Waals surface area contributed by atoms with E-state index in [0.29, 0.717) is 5.92 Å². The molecular weight excluding hydrogens is 320 g/mol. The van der Waals surface area contributed by atoms with Gasteiger partial charge in [0.15, 0.2) is 0 Å². The molecule has 26 heavy (non-hydrogen) atoms. The van der Waals surface area contributed by atoms with E-state index in [1.807, 2.05) is 17.9 Å². The standard InChI is InChI=1S/C22H26N4/c1-17-6-3-7-19(12-17)21-9-4-10-22(24-21)20-8-5-11-26(16-20)15-18-13-23-25(2)14-18/h3-4,6-7,9-10,12-14,20H,5,8,11,15-16H2,1-2H3/t20-/m1/s1. The molecule has 0 bridgehead atoms. The van der Waals surface area contributed by atoms with Crippen molar-refractivity contribution in [3.8, 4) is 11.3 Å². The van der Waals surface area contributed by atoms with Gasteiger partial charge in [0.1, 0.15) is 0 Å². The fourth-order valence-electron chi connectivity index (χ4n) is 3.90. The van der Waals surface area contributed by atoms with Gasteiger partial charge in [-0.1, -0.05) is 29.8 Å².